The van der Waals surface area contributed by atoms with Crippen LogP contribution in [-0.4, -0.2) is 9.52 Å². The van der Waals surface area contributed by atoms with Crippen LogP contribution in [0.2, 0.25) is 6.55 Å². The second-order valence-electron chi connectivity index (χ2n) is 17.4. The molecule has 3 heteroatoms. The van der Waals surface area contributed by atoms with Crippen LogP contribution in [0.15, 0.2) is 133 Å². The second-order valence-corrected chi connectivity index (χ2v) is 18.9. The molecular formula is C54H58N2Si. The summed E-state index contributed by atoms with van der Waals surface area (Å²) >= 11 is 0. The van der Waals surface area contributed by atoms with Crippen molar-refractivity contribution in [2.45, 2.75) is 92.5 Å². The number of nitrogens with zero attached hydrogens (tertiary/aromatic N) is 2. The number of hydrogen-bond donors (Lipinski definition) is 0. The molecule has 0 aliphatic carbocycles. The van der Waals surface area contributed by atoms with Crippen molar-refractivity contribution in [3.63, 3.8) is 0 Å². The number of rotatable bonds is 11. The Kier molecular flexibility index (Phi) is 10.5. The SMILES string of the molecule is C[SiH2]c1ccc(N(c2ccc(C(C)C)cc2)c2cc(C(C)C)c3ccc4c(N(c5ccc(C)cc5)c5ccc(C(C)C)cc5)cc(C(C)C)c5ccc2c3c54)cc1. The molecule has 0 N–H and O–H groups in total. The average molecular weight is 763 g/mol. The Morgan fingerprint density at radius 3 is 1.05 bits per heavy atom. The van der Waals surface area contributed by atoms with E-state index in [2.05, 4.69) is 212 Å². The summed E-state index contributed by atoms with van der Waals surface area (Å²) in [7, 11) is -0.265. The molecule has 0 heterocycles. The van der Waals surface area contributed by atoms with Gasteiger partial charge < -0.3 is 9.80 Å². The highest BCUT2D eigenvalue weighted by atomic mass is 28.2. The van der Waals surface area contributed by atoms with Gasteiger partial charge in [0.2, 0.25) is 0 Å². The molecule has 0 radical (unpaired) electrons. The topological polar surface area (TPSA) is 6.48 Å². The molecular weight excluding hydrogens is 705 g/mol. The summed E-state index contributed by atoms with van der Waals surface area (Å²) in [6.07, 6.45) is 0. The first-order chi connectivity index (χ1) is 27.4. The summed E-state index contributed by atoms with van der Waals surface area (Å²) in [4.78, 5) is 5.01. The monoisotopic (exact) mass is 762 g/mol. The Morgan fingerprint density at radius 1 is 0.386 bits per heavy atom. The van der Waals surface area contributed by atoms with E-state index in [0.717, 1.165) is 0 Å². The quantitative estimate of drug-likeness (QED) is 0.0956. The molecule has 0 aromatic heterocycles. The molecule has 8 aromatic carbocycles. The van der Waals surface area contributed by atoms with Crippen molar-refractivity contribution in [2.75, 3.05) is 9.80 Å². The van der Waals surface area contributed by atoms with Gasteiger partial charge in [0.25, 0.3) is 0 Å². The van der Waals surface area contributed by atoms with Gasteiger partial charge in [-0.25, -0.2) is 0 Å². The largest absolute Gasteiger partial charge is 0.310 e. The third-order valence-corrected chi connectivity index (χ3v) is 13.5. The van der Waals surface area contributed by atoms with Crippen LogP contribution in [0.5, 0.6) is 0 Å². The Morgan fingerprint density at radius 2 is 0.719 bits per heavy atom. The number of aryl methyl sites for hydroxylation is 1. The van der Waals surface area contributed by atoms with E-state index in [-0.39, 0.29) is 9.52 Å². The van der Waals surface area contributed by atoms with Crippen LogP contribution in [0.3, 0.4) is 0 Å². The van der Waals surface area contributed by atoms with Gasteiger partial charge in [0.05, 0.1) is 20.9 Å². The molecule has 2 nitrogen and oxygen atoms in total. The van der Waals surface area contributed by atoms with Gasteiger partial charge in [0, 0.05) is 33.5 Å². The van der Waals surface area contributed by atoms with Crippen LogP contribution in [-0.2, 0) is 0 Å². The summed E-state index contributed by atoms with van der Waals surface area (Å²) < 4.78 is 0. The fourth-order valence-electron chi connectivity index (χ4n) is 8.78. The highest BCUT2D eigenvalue weighted by Crippen LogP contribution is 2.51. The van der Waals surface area contributed by atoms with Crippen molar-refractivity contribution in [2.24, 2.45) is 0 Å². The summed E-state index contributed by atoms with van der Waals surface area (Å²) in [6, 6.07) is 51.6. The molecule has 0 spiro atoms. The minimum atomic E-state index is -0.265. The smallest absolute Gasteiger partial charge is 0.0543 e. The third kappa shape index (κ3) is 7.01. The molecule has 0 atom stereocenters. The minimum Gasteiger partial charge on any atom is -0.310 e. The summed E-state index contributed by atoms with van der Waals surface area (Å²) in [5, 5.41) is 9.45. The molecule has 8 rings (SSSR count). The molecule has 0 bridgehead atoms. The third-order valence-electron chi connectivity index (χ3n) is 12.2. The summed E-state index contributed by atoms with van der Waals surface area (Å²) in [6.45, 7) is 23.0. The van der Waals surface area contributed by atoms with Gasteiger partial charge in [0.15, 0.2) is 0 Å². The molecule has 288 valence electrons. The lowest BCUT2D eigenvalue weighted by Crippen LogP contribution is -2.15. The van der Waals surface area contributed by atoms with Gasteiger partial charge in [0.1, 0.15) is 0 Å². The van der Waals surface area contributed by atoms with Gasteiger partial charge in [-0.2, -0.15) is 0 Å². The molecule has 0 amide bonds. The molecule has 0 aliphatic heterocycles. The fourth-order valence-corrected chi connectivity index (χ4v) is 9.49. The Balaban J connectivity index is 1.48. The van der Waals surface area contributed by atoms with E-state index in [1.54, 1.807) is 0 Å². The van der Waals surface area contributed by atoms with Crippen LogP contribution in [0.4, 0.5) is 34.1 Å². The zero-order valence-electron chi connectivity index (χ0n) is 35.6. The van der Waals surface area contributed by atoms with Crippen LogP contribution < -0.4 is 15.0 Å². The van der Waals surface area contributed by atoms with E-state index < -0.39 is 0 Å². The van der Waals surface area contributed by atoms with Crippen LogP contribution in [0, 0.1) is 6.92 Å². The maximum Gasteiger partial charge on any atom is 0.0543 e. The van der Waals surface area contributed by atoms with Gasteiger partial charge in [-0.05, 0) is 135 Å². The second kappa shape index (κ2) is 15.5. The van der Waals surface area contributed by atoms with Crippen LogP contribution in [0.1, 0.15) is 107 Å². The van der Waals surface area contributed by atoms with Crippen molar-refractivity contribution in [1.29, 1.82) is 0 Å². The van der Waals surface area contributed by atoms with Gasteiger partial charge in [-0.15, -0.1) is 0 Å². The normalized spacial score (nSPS) is 12.2. The Hall–Kier alpha value is -5.38. The maximum absolute atomic E-state index is 2.52. The summed E-state index contributed by atoms with van der Waals surface area (Å²) in [5.74, 6) is 1.61. The standard InChI is InChI=1S/C54H58N2Si/c1-33(2)38-13-19-41(20-14-38)55(40-17-11-37(9)12-18-40)51-31-49(35(5)6)45-28-30-48-52(32-50(36(7)8)46-27-29-47(51)53(45)54(46)48)56(43-23-25-44(57-10)26-24-43)42-21-15-39(16-22-42)34(3)4/h11-36H,57H2,1-10H3. The zero-order chi connectivity index (χ0) is 40.1. The van der Waals surface area contributed by atoms with E-state index in [1.807, 2.05) is 0 Å². The van der Waals surface area contributed by atoms with E-state index in [4.69, 9.17) is 0 Å². The first kappa shape index (κ1) is 38.5. The van der Waals surface area contributed by atoms with Gasteiger partial charge >= 0.3 is 0 Å². The molecule has 0 unspecified atom stereocenters. The fraction of sp³-hybridized carbons (Fsp3) is 0.259. The minimum absolute atomic E-state index is 0.265. The lowest BCUT2D eigenvalue weighted by Gasteiger charge is -2.32. The molecule has 0 aliphatic rings. The Bertz CT molecular complexity index is 2650. The average Bonchev–Trinajstić information content (AvgIpc) is 3.21. The predicted molar refractivity (Wildman–Crippen MR) is 255 cm³/mol. The predicted octanol–water partition coefficient (Wildman–Crippen LogP) is 15.2. The molecule has 0 fully saturated rings. The maximum atomic E-state index is 2.52. The number of benzene rings is 8. The molecule has 57 heavy (non-hydrogen) atoms. The number of anilines is 6. The van der Waals surface area contributed by atoms with Crippen LogP contribution in [0.25, 0.3) is 32.3 Å². The summed E-state index contributed by atoms with van der Waals surface area (Å²) in [5.41, 5.74) is 13.9. The van der Waals surface area contributed by atoms with E-state index >= 15 is 0 Å². The van der Waals surface area contributed by atoms with Crippen LogP contribution >= 0.6 is 0 Å². The first-order valence-corrected chi connectivity index (χ1v) is 23.3. The lowest BCUT2D eigenvalue weighted by molar-refractivity contribution is 0.866. The van der Waals surface area contributed by atoms with E-state index in [9.17, 15) is 0 Å². The molecule has 0 saturated heterocycles. The number of hydrogen-bond acceptors (Lipinski definition) is 2. The van der Waals surface area contributed by atoms with Crippen molar-refractivity contribution in [3.05, 3.63) is 161 Å². The highest BCUT2D eigenvalue weighted by Gasteiger charge is 2.26. The van der Waals surface area contributed by atoms with E-state index in [0.29, 0.717) is 23.7 Å². The van der Waals surface area contributed by atoms with Gasteiger partial charge in [-0.1, -0.05) is 145 Å². The lowest BCUT2D eigenvalue weighted by atomic mass is 9.84. The van der Waals surface area contributed by atoms with Crippen molar-refractivity contribution >= 4 is 81.1 Å². The Labute approximate surface area is 343 Å². The molecule has 8 aromatic rings. The van der Waals surface area contributed by atoms with E-state index in [1.165, 1.54) is 99.4 Å². The zero-order valence-corrected chi connectivity index (χ0v) is 37.0. The van der Waals surface area contributed by atoms with Crippen molar-refractivity contribution < 1.29 is 0 Å². The van der Waals surface area contributed by atoms with Crippen molar-refractivity contribution in [3.8, 4) is 0 Å². The van der Waals surface area contributed by atoms with Gasteiger partial charge in [-0.3, -0.25) is 0 Å². The molecule has 0 saturated carbocycles. The first-order valence-electron chi connectivity index (χ1n) is 21.2. The highest BCUT2D eigenvalue weighted by molar-refractivity contribution is 6.51. The van der Waals surface area contributed by atoms with Crippen molar-refractivity contribution in [1.82, 2.24) is 0 Å².